The van der Waals surface area contributed by atoms with E-state index in [1.165, 1.54) is 36.8 Å². The summed E-state index contributed by atoms with van der Waals surface area (Å²) in [6.07, 6.45) is 14.7. The molecule has 3 aromatic rings. The maximum atomic E-state index is 6.23. The SMILES string of the molecule is CCCC/C=C/Oc1c2ccccc2c(O/C=C/CCCC)c2cc(C)c(C)cc12. The standard InChI is InChI=1S/C28H34O2/c1-5-7-9-13-17-29-27-23-15-11-12-16-24(23)28(30-18-14-10-8-6-2)26-20-22(4)21(3)19-25(26)27/h11-20H,5-10H2,1-4H3/b17-13+,18-14+. The molecule has 0 fully saturated rings. The first kappa shape index (κ1) is 22.0. The van der Waals surface area contributed by atoms with Crippen molar-refractivity contribution in [3.8, 4) is 11.5 Å². The lowest BCUT2D eigenvalue weighted by Crippen LogP contribution is -1.94. The van der Waals surface area contributed by atoms with Gasteiger partial charge in [0.1, 0.15) is 11.5 Å². The highest BCUT2D eigenvalue weighted by Gasteiger charge is 2.16. The summed E-state index contributed by atoms with van der Waals surface area (Å²) < 4.78 is 12.5. The number of aryl methyl sites for hydroxylation is 2. The van der Waals surface area contributed by atoms with Crippen molar-refractivity contribution in [2.45, 2.75) is 66.2 Å². The molecule has 0 aliphatic rings. The summed E-state index contributed by atoms with van der Waals surface area (Å²) in [5.74, 6) is 1.80. The molecule has 0 aliphatic carbocycles. The molecular weight excluding hydrogens is 368 g/mol. The molecule has 0 saturated carbocycles. The molecule has 3 rings (SSSR count). The lowest BCUT2D eigenvalue weighted by molar-refractivity contribution is 0.481. The number of hydrogen-bond acceptors (Lipinski definition) is 2. The Balaban J connectivity index is 2.13. The molecule has 2 nitrogen and oxygen atoms in total. The van der Waals surface area contributed by atoms with E-state index < -0.39 is 0 Å². The molecule has 0 aliphatic heterocycles. The van der Waals surface area contributed by atoms with Crippen LogP contribution in [0.2, 0.25) is 0 Å². The largest absolute Gasteiger partial charge is 0.464 e. The van der Waals surface area contributed by atoms with Gasteiger partial charge < -0.3 is 9.47 Å². The quantitative estimate of drug-likeness (QED) is 0.192. The van der Waals surface area contributed by atoms with Crippen LogP contribution in [0.25, 0.3) is 21.5 Å². The topological polar surface area (TPSA) is 18.5 Å². The van der Waals surface area contributed by atoms with Crippen molar-refractivity contribution in [1.82, 2.24) is 0 Å². The molecule has 0 saturated heterocycles. The number of unbranched alkanes of at least 4 members (excludes halogenated alkanes) is 4. The summed E-state index contributed by atoms with van der Waals surface area (Å²) in [6, 6.07) is 12.8. The van der Waals surface area contributed by atoms with Crippen LogP contribution in [0.3, 0.4) is 0 Å². The number of benzene rings is 3. The van der Waals surface area contributed by atoms with Crippen LogP contribution >= 0.6 is 0 Å². The Hall–Kier alpha value is -2.74. The van der Waals surface area contributed by atoms with Crippen LogP contribution in [0.1, 0.15) is 63.5 Å². The van der Waals surface area contributed by atoms with Crippen molar-refractivity contribution in [3.63, 3.8) is 0 Å². The minimum absolute atomic E-state index is 0.902. The van der Waals surface area contributed by atoms with E-state index >= 15 is 0 Å². The Morgan fingerprint density at radius 1 is 0.667 bits per heavy atom. The highest BCUT2D eigenvalue weighted by molar-refractivity contribution is 6.11. The van der Waals surface area contributed by atoms with E-state index in [9.17, 15) is 0 Å². The molecular formula is C28H34O2. The van der Waals surface area contributed by atoms with Gasteiger partial charge in [-0.15, -0.1) is 0 Å². The van der Waals surface area contributed by atoms with Crippen LogP contribution in [0.5, 0.6) is 11.5 Å². The normalized spacial score (nSPS) is 11.9. The van der Waals surface area contributed by atoms with Crippen molar-refractivity contribution in [1.29, 1.82) is 0 Å². The van der Waals surface area contributed by atoms with Gasteiger partial charge in [-0.3, -0.25) is 0 Å². The third-order valence-corrected chi connectivity index (χ3v) is 5.55. The summed E-state index contributed by atoms with van der Waals surface area (Å²) in [5.41, 5.74) is 2.50. The van der Waals surface area contributed by atoms with Gasteiger partial charge in [0.25, 0.3) is 0 Å². The molecule has 0 atom stereocenters. The van der Waals surface area contributed by atoms with E-state index in [0.29, 0.717) is 0 Å². The van der Waals surface area contributed by atoms with E-state index in [-0.39, 0.29) is 0 Å². The van der Waals surface area contributed by atoms with Crippen molar-refractivity contribution >= 4 is 21.5 Å². The van der Waals surface area contributed by atoms with Gasteiger partial charge in [0.15, 0.2) is 0 Å². The second-order valence-corrected chi connectivity index (χ2v) is 7.95. The number of ether oxygens (including phenoxy) is 2. The highest BCUT2D eigenvalue weighted by Crippen LogP contribution is 2.43. The number of rotatable bonds is 10. The summed E-state index contributed by atoms with van der Waals surface area (Å²) >= 11 is 0. The van der Waals surface area contributed by atoms with Crippen LogP contribution in [0.15, 0.2) is 61.1 Å². The molecule has 30 heavy (non-hydrogen) atoms. The molecule has 2 heteroatoms. The van der Waals surface area contributed by atoms with Crippen LogP contribution in [-0.4, -0.2) is 0 Å². The Kier molecular flexibility index (Phi) is 7.96. The minimum Gasteiger partial charge on any atom is -0.464 e. The van der Waals surface area contributed by atoms with Crippen molar-refractivity contribution in [2.75, 3.05) is 0 Å². The molecule has 0 spiro atoms. The predicted octanol–water partition coefficient (Wildman–Crippen LogP) is 8.78. The Morgan fingerprint density at radius 3 is 1.50 bits per heavy atom. The number of allylic oxidation sites excluding steroid dienone is 2. The lowest BCUT2D eigenvalue weighted by atomic mass is 9.96. The summed E-state index contributed by atoms with van der Waals surface area (Å²) in [5, 5.41) is 4.33. The molecule has 0 bridgehead atoms. The van der Waals surface area contributed by atoms with E-state index in [0.717, 1.165) is 45.9 Å². The van der Waals surface area contributed by atoms with E-state index in [1.54, 1.807) is 0 Å². The lowest BCUT2D eigenvalue weighted by Gasteiger charge is -2.16. The molecule has 158 valence electrons. The summed E-state index contributed by atoms with van der Waals surface area (Å²) in [6.45, 7) is 8.71. The van der Waals surface area contributed by atoms with Crippen molar-refractivity contribution < 1.29 is 9.47 Å². The average molecular weight is 403 g/mol. The van der Waals surface area contributed by atoms with Crippen molar-refractivity contribution in [3.05, 3.63) is 72.2 Å². The Morgan fingerprint density at radius 2 is 1.10 bits per heavy atom. The maximum absolute atomic E-state index is 6.23. The first-order chi connectivity index (χ1) is 14.7. The zero-order chi connectivity index (χ0) is 21.3. The first-order valence-corrected chi connectivity index (χ1v) is 11.3. The van der Waals surface area contributed by atoms with Crippen molar-refractivity contribution in [2.24, 2.45) is 0 Å². The Labute approximate surface area is 181 Å². The monoisotopic (exact) mass is 402 g/mol. The third-order valence-electron chi connectivity index (χ3n) is 5.55. The van der Waals surface area contributed by atoms with Gasteiger partial charge in [-0.1, -0.05) is 51.0 Å². The van der Waals surface area contributed by atoms with Crippen LogP contribution < -0.4 is 9.47 Å². The summed E-state index contributed by atoms with van der Waals surface area (Å²) in [4.78, 5) is 0. The van der Waals surface area contributed by atoms with E-state index in [2.05, 4.69) is 76.2 Å². The molecule has 0 amide bonds. The number of fused-ring (bicyclic) bond motifs is 2. The van der Waals surface area contributed by atoms with Gasteiger partial charge in [-0.25, -0.2) is 0 Å². The van der Waals surface area contributed by atoms with Crippen LogP contribution in [-0.2, 0) is 0 Å². The van der Waals surface area contributed by atoms with Gasteiger partial charge in [0.2, 0.25) is 0 Å². The van der Waals surface area contributed by atoms with Gasteiger partial charge >= 0.3 is 0 Å². The van der Waals surface area contributed by atoms with E-state index in [1.807, 2.05) is 12.5 Å². The molecule has 0 heterocycles. The zero-order valence-electron chi connectivity index (χ0n) is 18.8. The molecule has 0 radical (unpaired) electrons. The fraction of sp³-hybridized carbons (Fsp3) is 0.357. The van der Waals surface area contributed by atoms with Crippen LogP contribution in [0.4, 0.5) is 0 Å². The molecule has 0 aromatic heterocycles. The second-order valence-electron chi connectivity index (χ2n) is 7.95. The van der Waals surface area contributed by atoms with Gasteiger partial charge in [-0.05, 0) is 74.9 Å². The van der Waals surface area contributed by atoms with Crippen LogP contribution in [0, 0.1) is 13.8 Å². The van der Waals surface area contributed by atoms with Gasteiger partial charge in [-0.2, -0.15) is 0 Å². The third kappa shape index (κ3) is 5.05. The smallest absolute Gasteiger partial charge is 0.142 e. The molecule has 3 aromatic carbocycles. The number of hydrogen-bond donors (Lipinski definition) is 0. The van der Waals surface area contributed by atoms with Gasteiger partial charge in [0.05, 0.1) is 12.5 Å². The molecule has 0 unspecified atom stereocenters. The summed E-state index contributed by atoms with van der Waals surface area (Å²) in [7, 11) is 0. The minimum atomic E-state index is 0.902. The second kappa shape index (κ2) is 10.9. The predicted molar refractivity (Wildman–Crippen MR) is 130 cm³/mol. The fourth-order valence-electron chi connectivity index (χ4n) is 3.63. The first-order valence-electron chi connectivity index (χ1n) is 11.3. The van der Waals surface area contributed by atoms with E-state index in [4.69, 9.17) is 9.47 Å². The average Bonchev–Trinajstić information content (AvgIpc) is 2.75. The highest BCUT2D eigenvalue weighted by atomic mass is 16.5. The zero-order valence-corrected chi connectivity index (χ0v) is 18.8. The molecule has 0 N–H and O–H groups in total. The Bertz CT molecular complexity index is 960. The fourth-order valence-corrected chi connectivity index (χ4v) is 3.63. The maximum Gasteiger partial charge on any atom is 0.142 e. The van der Waals surface area contributed by atoms with Gasteiger partial charge in [0, 0.05) is 21.5 Å².